The second-order valence-corrected chi connectivity index (χ2v) is 8.68. The molecule has 6 rings (SSSR count). The van der Waals surface area contributed by atoms with Crippen LogP contribution in [0.25, 0.3) is 0 Å². The highest BCUT2D eigenvalue weighted by atomic mass is 19.1. The number of amides is 4. The van der Waals surface area contributed by atoms with Gasteiger partial charge in [-0.15, -0.1) is 0 Å². The summed E-state index contributed by atoms with van der Waals surface area (Å²) >= 11 is 0. The van der Waals surface area contributed by atoms with Gasteiger partial charge in [-0.3, -0.25) is 14.5 Å². The van der Waals surface area contributed by atoms with E-state index in [1.165, 1.54) is 37.5 Å². The van der Waals surface area contributed by atoms with Crippen LogP contribution in [0.4, 0.5) is 14.9 Å². The van der Waals surface area contributed by atoms with Crippen LogP contribution in [0, 0.1) is 29.0 Å². The van der Waals surface area contributed by atoms with Gasteiger partial charge in [0, 0.05) is 6.54 Å². The van der Waals surface area contributed by atoms with Crippen molar-refractivity contribution in [1.29, 1.82) is 0 Å². The van der Waals surface area contributed by atoms with Gasteiger partial charge in [0.15, 0.2) is 0 Å². The van der Waals surface area contributed by atoms with Crippen LogP contribution in [0.3, 0.4) is 0 Å². The molecule has 0 spiro atoms. The molecule has 1 saturated heterocycles. The number of anilines is 1. The minimum Gasteiger partial charge on any atom is -0.263 e. The molecular formula is C20H21FN2O3. The Kier molecular flexibility index (Phi) is 3.30. The van der Waals surface area contributed by atoms with E-state index in [1.54, 1.807) is 6.07 Å². The summed E-state index contributed by atoms with van der Waals surface area (Å²) in [6.07, 6.45) is 6.89. The first kappa shape index (κ1) is 16.0. The third kappa shape index (κ3) is 2.24. The molecule has 4 bridgehead atoms. The van der Waals surface area contributed by atoms with Crippen LogP contribution in [0.1, 0.15) is 38.5 Å². The van der Waals surface area contributed by atoms with Gasteiger partial charge in [-0.2, -0.15) is 0 Å². The highest BCUT2D eigenvalue weighted by molar-refractivity contribution is 6.52. The van der Waals surface area contributed by atoms with Gasteiger partial charge >= 0.3 is 17.8 Å². The lowest BCUT2D eigenvalue weighted by molar-refractivity contribution is -0.141. The number of halogens is 1. The zero-order valence-corrected chi connectivity index (χ0v) is 14.5. The first-order chi connectivity index (χ1) is 12.5. The quantitative estimate of drug-likeness (QED) is 0.616. The van der Waals surface area contributed by atoms with Crippen molar-refractivity contribution in [2.24, 2.45) is 23.2 Å². The number of imide groups is 2. The normalized spacial score (nSPS) is 35.7. The fourth-order valence-electron chi connectivity index (χ4n) is 6.31. The predicted octanol–water partition coefficient (Wildman–Crippen LogP) is 3.34. The molecule has 5 nitrogen and oxygen atoms in total. The Labute approximate surface area is 151 Å². The number of nitrogens with zero attached hydrogens (tertiary/aromatic N) is 2. The largest absolute Gasteiger partial charge is 0.338 e. The number of hydrogen-bond acceptors (Lipinski definition) is 3. The molecule has 1 heterocycles. The van der Waals surface area contributed by atoms with Crippen LogP contribution in [0.5, 0.6) is 0 Å². The number of carbonyl (C=O) groups excluding carboxylic acids is 3. The minimum absolute atomic E-state index is 0.0500. The van der Waals surface area contributed by atoms with Crippen LogP contribution in [-0.4, -0.2) is 29.3 Å². The van der Waals surface area contributed by atoms with Crippen molar-refractivity contribution in [3.8, 4) is 0 Å². The first-order valence-electron chi connectivity index (χ1n) is 9.40. The van der Waals surface area contributed by atoms with Crippen LogP contribution >= 0.6 is 0 Å². The molecule has 1 aliphatic heterocycles. The monoisotopic (exact) mass is 356 g/mol. The van der Waals surface area contributed by atoms with E-state index >= 15 is 0 Å². The van der Waals surface area contributed by atoms with E-state index < -0.39 is 23.7 Å². The van der Waals surface area contributed by atoms with Crippen LogP contribution in [0.2, 0.25) is 0 Å². The maximum atomic E-state index is 14.1. The molecule has 5 fully saturated rings. The van der Waals surface area contributed by atoms with Crippen LogP contribution < -0.4 is 4.90 Å². The number of urea groups is 1. The molecule has 0 atom stereocenters. The van der Waals surface area contributed by atoms with Crippen LogP contribution in [0.15, 0.2) is 24.3 Å². The maximum absolute atomic E-state index is 14.1. The number of carbonyl (C=O) groups is 3. The molecule has 0 N–H and O–H groups in total. The van der Waals surface area contributed by atoms with E-state index in [0.29, 0.717) is 29.2 Å². The predicted molar refractivity (Wildman–Crippen MR) is 91.6 cm³/mol. The maximum Gasteiger partial charge on any atom is 0.338 e. The lowest BCUT2D eigenvalue weighted by Gasteiger charge is -2.57. The van der Waals surface area contributed by atoms with Gasteiger partial charge in [0.25, 0.3) is 0 Å². The summed E-state index contributed by atoms with van der Waals surface area (Å²) in [7, 11) is 0. The Hall–Kier alpha value is -2.24. The lowest BCUT2D eigenvalue weighted by atomic mass is 9.49. The van der Waals surface area contributed by atoms with E-state index in [0.717, 1.165) is 24.2 Å². The highest BCUT2D eigenvalue weighted by Gasteiger charge is 2.55. The van der Waals surface area contributed by atoms with E-state index in [2.05, 4.69) is 0 Å². The molecule has 136 valence electrons. The highest BCUT2D eigenvalue weighted by Crippen LogP contribution is 2.60. The fourth-order valence-corrected chi connectivity index (χ4v) is 6.31. The van der Waals surface area contributed by atoms with E-state index in [9.17, 15) is 18.8 Å². The molecular weight excluding hydrogens is 335 g/mol. The first-order valence-corrected chi connectivity index (χ1v) is 9.40. The van der Waals surface area contributed by atoms with Crippen molar-refractivity contribution < 1.29 is 18.8 Å². The SMILES string of the molecule is O=C1C(=O)N(c2ccccc2F)C(=O)N1CC12CC3CC(CC(C3)C1)C2. The summed E-state index contributed by atoms with van der Waals surface area (Å²) in [5.41, 5.74) is -0.199. The molecule has 26 heavy (non-hydrogen) atoms. The number of rotatable bonds is 3. The summed E-state index contributed by atoms with van der Waals surface area (Å²) < 4.78 is 14.1. The Balaban J connectivity index is 1.44. The number of para-hydroxylation sites is 1. The summed E-state index contributed by atoms with van der Waals surface area (Å²) in [5.74, 6) is -0.398. The topological polar surface area (TPSA) is 57.7 Å². The van der Waals surface area contributed by atoms with Gasteiger partial charge in [0.2, 0.25) is 0 Å². The van der Waals surface area contributed by atoms with Crippen molar-refractivity contribution >= 4 is 23.5 Å². The Morgan fingerprint density at radius 3 is 2.08 bits per heavy atom. The smallest absolute Gasteiger partial charge is 0.263 e. The van der Waals surface area contributed by atoms with Gasteiger partial charge in [0.05, 0.1) is 5.69 Å². The van der Waals surface area contributed by atoms with Gasteiger partial charge in [-0.1, -0.05) is 12.1 Å². The molecule has 1 aromatic carbocycles. The Morgan fingerprint density at radius 1 is 0.923 bits per heavy atom. The second-order valence-electron chi connectivity index (χ2n) is 8.68. The molecule has 0 unspecified atom stereocenters. The molecule has 5 aliphatic rings. The molecule has 6 heteroatoms. The third-order valence-corrected chi connectivity index (χ3v) is 6.81. The van der Waals surface area contributed by atoms with E-state index in [4.69, 9.17) is 0 Å². The zero-order valence-electron chi connectivity index (χ0n) is 14.5. The standard InChI is InChI=1S/C20H21FN2O3/c21-15-3-1-2-4-16(15)23-18(25)17(24)22(19(23)26)11-20-8-12-5-13(9-20)7-14(6-12)10-20/h1-4,12-14H,5-11H2. The number of benzene rings is 1. The fraction of sp³-hybridized carbons (Fsp3) is 0.550. The molecule has 4 saturated carbocycles. The average molecular weight is 356 g/mol. The average Bonchev–Trinajstić information content (AvgIpc) is 2.78. The summed E-state index contributed by atoms with van der Waals surface area (Å²) in [4.78, 5) is 39.5. The minimum atomic E-state index is -0.954. The van der Waals surface area contributed by atoms with Crippen molar-refractivity contribution in [2.75, 3.05) is 11.4 Å². The number of hydrogen-bond donors (Lipinski definition) is 0. The van der Waals surface area contributed by atoms with Gasteiger partial charge in [-0.25, -0.2) is 14.1 Å². The summed E-state index contributed by atoms with van der Waals surface area (Å²) in [6, 6.07) is 4.86. The molecule has 0 radical (unpaired) electrons. The van der Waals surface area contributed by atoms with Crippen LogP contribution in [-0.2, 0) is 9.59 Å². The van der Waals surface area contributed by atoms with E-state index in [-0.39, 0.29) is 11.1 Å². The van der Waals surface area contributed by atoms with Crippen molar-refractivity contribution in [3.63, 3.8) is 0 Å². The van der Waals surface area contributed by atoms with Crippen molar-refractivity contribution in [1.82, 2.24) is 4.90 Å². The third-order valence-electron chi connectivity index (χ3n) is 6.81. The molecule has 4 amide bonds. The molecule has 0 aromatic heterocycles. The molecule has 4 aliphatic carbocycles. The summed E-state index contributed by atoms with van der Waals surface area (Å²) in [6.45, 7) is 0.296. The van der Waals surface area contributed by atoms with Crippen molar-refractivity contribution in [3.05, 3.63) is 30.1 Å². The zero-order chi connectivity index (χ0) is 18.1. The molecule has 1 aromatic rings. The second kappa shape index (κ2) is 5.38. The van der Waals surface area contributed by atoms with Gasteiger partial charge < -0.3 is 0 Å². The van der Waals surface area contributed by atoms with E-state index in [1.807, 2.05) is 0 Å². The lowest BCUT2D eigenvalue weighted by Crippen LogP contribution is -2.52. The van der Waals surface area contributed by atoms with Crippen molar-refractivity contribution in [2.45, 2.75) is 38.5 Å². The Morgan fingerprint density at radius 2 is 1.50 bits per heavy atom. The Bertz CT molecular complexity index is 786. The summed E-state index contributed by atoms with van der Waals surface area (Å²) in [5, 5.41) is 0. The van der Waals surface area contributed by atoms with Gasteiger partial charge in [0.1, 0.15) is 5.82 Å². The van der Waals surface area contributed by atoms with Gasteiger partial charge in [-0.05, 0) is 73.8 Å².